The molecule has 0 aliphatic carbocycles. The van der Waals surface area contributed by atoms with E-state index in [0.29, 0.717) is 28.5 Å². The summed E-state index contributed by atoms with van der Waals surface area (Å²) < 4.78 is 5.36. The number of carbonyl (C=O) groups is 2. The number of nitrogens with zero attached hydrogens (tertiary/aromatic N) is 1. The maximum atomic E-state index is 12.8. The number of benzene rings is 2. The van der Waals surface area contributed by atoms with Crippen LogP contribution in [0.25, 0.3) is 6.08 Å². The van der Waals surface area contributed by atoms with Gasteiger partial charge in [0.25, 0.3) is 11.1 Å². The molecule has 1 aliphatic rings. The van der Waals surface area contributed by atoms with Crippen molar-refractivity contribution in [2.45, 2.75) is 20.8 Å². The van der Waals surface area contributed by atoms with Gasteiger partial charge >= 0.3 is 0 Å². The highest BCUT2D eigenvalue weighted by Crippen LogP contribution is 2.38. The summed E-state index contributed by atoms with van der Waals surface area (Å²) in [6.45, 7) is 6.08. The third-order valence-corrected chi connectivity index (χ3v) is 4.84. The molecule has 0 atom stereocenters. The molecule has 5 nitrogen and oxygen atoms in total. The summed E-state index contributed by atoms with van der Waals surface area (Å²) in [4.78, 5) is 26.7. The van der Waals surface area contributed by atoms with Crippen LogP contribution < -0.4 is 9.64 Å². The Kier molecular flexibility index (Phi) is 5.04. The van der Waals surface area contributed by atoms with Crippen LogP contribution in [0.1, 0.15) is 23.6 Å². The van der Waals surface area contributed by atoms with Gasteiger partial charge in [0.15, 0.2) is 11.5 Å². The zero-order valence-corrected chi connectivity index (χ0v) is 15.6. The van der Waals surface area contributed by atoms with E-state index in [2.05, 4.69) is 0 Å². The van der Waals surface area contributed by atoms with Gasteiger partial charge < -0.3 is 9.84 Å². The van der Waals surface area contributed by atoms with Gasteiger partial charge in [-0.3, -0.25) is 9.59 Å². The molecule has 0 unspecified atom stereocenters. The topological polar surface area (TPSA) is 66.8 Å². The molecule has 1 heterocycles. The Morgan fingerprint density at radius 1 is 1.15 bits per heavy atom. The van der Waals surface area contributed by atoms with Crippen molar-refractivity contribution in [2.24, 2.45) is 0 Å². The summed E-state index contributed by atoms with van der Waals surface area (Å²) in [7, 11) is 0. The average molecular weight is 369 g/mol. The van der Waals surface area contributed by atoms with Crippen molar-refractivity contribution < 1.29 is 19.4 Å². The largest absolute Gasteiger partial charge is 0.504 e. The molecule has 1 N–H and O–H groups in total. The number of ether oxygens (including phenoxy) is 1. The predicted octanol–water partition coefficient (Wildman–Crippen LogP) is 4.65. The minimum absolute atomic E-state index is 0.0346. The number of rotatable bonds is 4. The summed E-state index contributed by atoms with van der Waals surface area (Å²) in [5.41, 5.74) is 3.22. The molecule has 1 saturated heterocycles. The Morgan fingerprint density at radius 2 is 1.92 bits per heavy atom. The number of phenols is 1. The second kappa shape index (κ2) is 7.25. The van der Waals surface area contributed by atoms with Crippen LogP contribution in [0.3, 0.4) is 0 Å². The third-order valence-electron chi connectivity index (χ3n) is 3.97. The monoisotopic (exact) mass is 369 g/mol. The molecule has 2 amide bonds. The van der Waals surface area contributed by atoms with Crippen molar-refractivity contribution in [3.8, 4) is 11.5 Å². The Morgan fingerprint density at radius 3 is 2.62 bits per heavy atom. The van der Waals surface area contributed by atoms with Crippen LogP contribution in [0.4, 0.5) is 10.5 Å². The third kappa shape index (κ3) is 3.46. The second-order valence-corrected chi connectivity index (χ2v) is 6.96. The molecular formula is C20H19NO4S. The fraction of sp³-hybridized carbons (Fsp3) is 0.200. The molecule has 6 heteroatoms. The number of hydrogen-bond acceptors (Lipinski definition) is 5. The van der Waals surface area contributed by atoms with E-state index in [4.69, 9.17) is 4.74 Å². The smallest absolute Gasteiger partial charge is 0.298 e. The van der Waals surface area contributed by atoms with E-state index in [-0.39, 0.29) is 16.9 Å². The van der Waals surface area contributed by atoms with Crippen LogP contribution in [0, 0.1) is 13.8 Å². The Labute approximate surface area is 156 Å². The quantitative estimate of drug-likeness (QED) is 0.795. The molecule has 1 fully saturated rings. The van der Waals surface area contributed by atoms with Gasteiger partial charge in [-0.15, -0.1) is 0 Å². The van der Waals surface area contributed by atoms with Crippen LogP contribution in [0.5, 0.6) is 11.5 Å². The highest BCUT2D eigenvalue weighted by molar-refractivity contribution is 8.19. The van der Waals surface area contributed by atoms with Gasteiger partial charge in [-0.25, -0.2) is 4.90 Å². The molecule has 2 aromatic rings. The number of carbonyl (C=O) groups excluding carboxylic acids is 2. The number of anilines is 1. The summed E-state index contributed by atoms with van der Waals surface area (Å²) in [6.07, 6.45) is 1.64. The first-order valence-electron chi connectivity index (χ1n) is 8.21. The van der Waals surface area contributed by atoms with Crippen molar-refractivity contribution in [1.29, 1.82) is 0 Å². The molecule has 3 rings (SSSR count). The Bertz CT molecular complexity index is 920. The van der Waals surface area contributed by atoms with Gasteiger partial charge in [0.2, 0.25) is 0 Å². The van der Waals surface area contributed by atoms with E-state index in [1.54, 1.807) is 24.3 Å². The lowest BCUT2D eigenvalue weighted by Gasteiger charge is -2.15. The van der Waals surface area contributed by atoms with E-state index in [0.717, 1.165) is 22.9 Å². The molecule has 26 heavy (non-hydrogen) atoms. The molecule has 0 bridgehead atoms. The maximum absolute atomic E-state index is 12.8. The molecule has 2 aromatic carbocycles. The maximum Gasteiger partial charge on any atom is 0.298 e. The van der Waals surface area contributed by atoms with Crippen LogP contribution in [-0.2, 0) is 4.79 Å². The summed E-state index contributed by atoms with van der Waals surface area (Å²) in [5.74, 6) is 0.0280. The second-order valence-electron chi connectivity index (χ2n) is 5.97. The van der Waals surface area contributed by atoms with E-state index >= 15 is 0 Å². The first-order chi connectivity index (χ1) is 12.4. The van der Waals surface area contributed by atoms with Crippen molar-refractivity contribution in [1.82, 2.24) is 0 Å². The first-order valence-corrected chi connectivity index (χ1v) is 9.03. The zero-order valence-electron chi connectivity index (χ0n) is 14.8. The normalized spacial score (nSPS) is 15.8. The summed E-state index contributed by atoms with van der Waals surface area (Å²) in [6, 6.07) is 10.4. The zero-order chi connectivity index (χ0) is 18.8. The number of phenolic OH excluding ortho intramolecular Hbond substituents is 1. The van der Waals surface area contributed by atoms with E-state index in [1.165, 1.54) is 11.0 Å². The van der Waals surface area contributed by atoms with Crippen molar-refractivity contribution in [2.75, 3.05) is 11.5 Å². The lowest BCUT2D eigenvalue weighted by Crippen LogP contribution is -2.28. The summed E-state index contributed by atoms with van der Waals surface area (Å²) in [5, 5.41) is 9.46. The minimum atomic E-state index is -0.349. The molecule has 0 aromatic heterocycles. The lowest BCUT2D eigenvalue weighted by atomic mass is 10.1. The fourth-order valence-electron chi connectivity index (χ4n) is 2.77. The molecule has 0 saturated carbocycles. The fourth-order valence-corrected chi connectivity index (χ4v) is 3.61. The first kappa shape index (κ1) is 18.1. The van der Waals surface area contributed by atoms with Crippen LogP contribution in [0.2, 0.25) is 0 Å². The van der Waals surface area contributed by atoms with E-state index < -0.39 is 0 Å². The average Bonchev–Trinajstić information content (AvgIpc) is 2.85. The van der Waals surface area contributed by atoms with Crippen LogP contribution in [0.15, 0.2) is 41.3 Å². The SMILES string of the molecule is CCOc1cc(/C=C2\SC(=O)N(c3ccc(C)cc3C)C2=O)ccc1O. The minimum Gasteiger partial charge on any atom is -0.504 e. The van der Waals surface area contributed by atoms with Gasteiger partial charge in [0.1, 0.15) is 0 Å². The Hall–Kier alpha value is -2.73. The number of aryl methyl sites for hydroxylation is 2. The van der Waals surface area contributed by atoms with Crippen molar-refractivity contribution >= 4 is 34.7 Å². The van der Waals surface area contributed by atoms with E-state index in [1.807, 2.05) is 32.9 Å². The van der Waals surface area contributed by atoms with Crippen LogP contribution in [-0.4, -0.2) is 22.9 Å². The van der Waals surface area contributed by atoms with Gasteiger partial charge in [-0.2, -0.15) is 0 Å². The highest BCUT2D eigenvalue weighted by atomic mass is 32.2. The molecular weight excluding hydrogens is 350 g/mol. The highest BCUT2D eigenvalue weighted by Gasteiger charge is 2.36. The van der Waals surface area contributed by atoms with E-state index in [9.17, 15) is 14.7 Å². The molecule has 134 valence electrons. The standard InChI is InChI=1S/C20H19NO4S/c1-4-25-17-10-14(6-8-16(17)22)11-18-19(23)21(20(24)26-18)15-7-5-12(2)9-13(15)3/h5-11,22H,4H2,1-3H3/b18-11-. The number of aromatic hydroxyl groups is 1. The van der Waals surface area contributed by atoms with Crippen molar-refractivity contribution in [3.63, 3.8) is 0 Å². The molecule has 0 spiro atoms. The lowest BCUT2D eigenvalue weighted by molar-refractivity contribution is -0.113. The number of imide groups is 1. The van der Waals surface area contributed by atoms with Gasteiger partial charge in [0.05, 0.1) is 17.2 Å². The Balaban J connectivity index is 1.93. The van der Waals surface area contributed by atoms with Gasteiger partial charge in [-0.1, -0.05) is 23.8 Å². The summed E-state index contributed by atoms with van der Waals surface area (Å²) >= 11 is 0.903. The van der Waals surface area contributed by atoms with Crippen molar-refractivity contribution in [3.05, 3.63) is 58.0 Å². The molecule has 0 radical (unpaired) electrons. The number of hydrogen-bond donors (Lipinski definition) is 1. The number of thioether (sulfide) groups is 1. The van der Waals surface area contributed by atoms with Crippen LogP contribution >= 0.6 is 11.8 Å². The number of amides is 2. The van der Waals surface area contributed by atoms with Gasteiger partial charge in [0, 0.05) is 0 Å². The predicted molar refractivity (Wildman–Crippen MR) is 104 cm³/mol. The van der Waals surface area contributed by atoms with Gasteiger partial charge in [-0.05, 0) is 67.9 Å². The molecule has 1 aliphatic heterocycles.